The van der Waals surface area contributed by atoms with Gasteiger partial charge in [0.1, 0.15) is 23.0 Å². The van der Waals surface area contributed by atoms with Gasteiger partial charge in [0.05, 0.1) is 12.0 Å². The van der Waals surface area contributed by atoms with Crippen LogP contribution in [-0.4, -0.2) is 22.5 Å². The zero-order valence-corrected chi connectivity index (χ0v) is 17.0. The molecule has 29 heavy (non-hydrogen) atoms. The van der Waals surface area contributed by atoms with Gasteiger partial charge in [-0.15, -0.1) is 11.3 Å². The van der Waals surface area contributed by atoms with Crippen molar-refractivity contribution in [3.8, 4) is 5.75 Å². The van der Waals surface area contributed by atoms with Crippen LogP contribution in [0.5, 0.6) is 5.75 Å². The van der Waals surface area contributed by atoms with Crippen LogP contribution < -0.4 is 10.3 Å². The average molecular weight is 410 g/mol. The third kappa shape index (κ3) is 4.24. The van der Waals surface area contributed by atoms with Crippen LogP contribution in [0.25, 0.3) is 16.3 Å². The average Bonchev–Trinajstić information content (AvgIpc) is 3.10. The van der Waals surface area contributed by atoms with Gasteiger partial charge in [0, 0.05) is 16.5 Å². The third-order valence-corrected chi connectivity index (χ3v) is 6.03. The van der Waals surface area contributed by atoms with Gasteiger partial charge in [0.15, 0.2) is 0 Å². The lowest BCUT2D eigenvalue weighted by Crippen LogP contribution is -2.14. The van der Waals surface area contributed by atoms with Crippen LogP contribution in [0, 0.1) is 0 Å². The highest BCUT2D eigenvalue weighted by Crippen LogP contribution is 2.33. The molecule has 7 heteroatoms. The molecule has 1 aliphatic carbocycles. The van der Waals surface area contributed by atoms with Crippen LogP contribution in [-0.2, 0) is 29.0 Å². The van der Waals surface area contributed by atoms with E-state index >= 15 is 0 Å². The molecule has 0 saturated carbocycles. The van der Waals surface area contributed by atoms with E-state index in [2.05, 4.69) is 9.97 Å². The van der Waals surface area contributed by atoms with Crippen molar-refractivity contribution in [1.29, 1.82) is 0 Å². The number of aryl methyl sites for hydroxylation is 2. The van der Waals surface area contributed by atoms with Gasteiger partial charge < -0.3 is 14.5 Å². The van der Waals surface area contributed by atoms with Gasteiger partial charge in [0.25, 0.3) is 5.56 Å². The summed E-state index contributed by atoms with van der Waals surface area (Å²) in [5.74, 6) is 0.555. The minimum absolute atomic E-state index is 0.0793. The maximum absolute atomic E-state index is 12.5. The highest BCUT2D eigenvalue weighted by Gasteiger charge is 2.19. The van der Waals surface area contributed by atoms with Gasteiger partial charge in [-0.1, -0.05) is 18.2 Å². The number of fused-ring (bicyclic) bond motifs is 3. The van der Waals surface area contributed by atoms with Crippen LogP contribution in [0.1, 0.15) is 41.6 Å². The van der Waals surface area contributed by atoms with Crippen LogP contribution in [0.2, 0.25) is 0 Å². The number of ether oxygens (including phenoxy) is 2. The number of nitrogens with one attached hydrogen (secondary N) is 1. The summed E-state index contributed by atoms with van der Waals surface area (Å²) in [7, 11) is 0. The number of hydrogen-bond acceptors (Lipinski definition) is 6. The quantitative estimate of drug-likeness (QED) is 0.490. The van der Waals surface area contributed by atoms with Crippen molar-refractivity contribution in [3.05, 3.63) is 62.5 Å². The molecule has 2 heterocycles. The molecule has 150 valence electrons. The summed E-state index contributed by atoms with van der Waals surface area (Å²) in [6, 6.07) is 7.46. The van der Waals surface area contributed by atoms with Gasteiger partial charge >= 0.3 is 5.97 Å². The fourth-order valence-corrected chi connectivity index (χ4v) is 4.81. The lowest BCUT2D eigenvalue weighted by atomic mass is 9.97. The number of para-hydroxylation sites is 1. The Hall–Kier alpha value is -2.93. The van der Waals surface area contributed by atoms with E-state index in [0.29, 0.717) is 23.6 Å². The molecular formula is C22H22N2O4S. The molecule has 0 unspecified atom stereocenters. The molecular weight excluding hydrogens is 388 g/mol. The number of esters is 1. The summed E-state index contributed by atoms with van der Waals surface area (Å²) < 4.78 is 10.8. The normalized spacial score (nSPS) is 13.6. The molecule has 0 aliphatic heterocycles. The number of rotatable bonds is 6. The van der Waals surface area contributed by atoms with E-state index in [9.17, 15) is 9.59 Å². The van der Waals surface area contributed by atoms with Crippen molar-refractivity contribution in [1.82, 2.24) is 9.97 Å². The first-order valence-electron chi connectivity index (χ1n) is 9.76. The molecule has 6 nitrogen and oxygen atoms in total. The zero-order valence-electron chi connectivity index (χ0n) is 16.2. The molecule has 1 aliphatic rings. The molecule has 0 atom stereocenters. The topological polar surface area (TPSA) is 81.3 Å². The van der Waals surface area contributed by atoms with E-state index in [1.807, 2.05) is 31.2 Å². The number of carbonyl (C=O) groups excluding carboxylic acids is 1. The molecule has 3 aromatic rings. The number of nitrogens with zero attached hydrogens (tertiary/aromatic N) is 1. The highest BCUT2D eigenvalue weighted by molar-refractivity contribution is 7.18. The Balaban J connectivity index is 1.46. The van der Waals surface area contributed by atoms with Crippen molar-refractivity contribution >= 4 is 33.6 Å². The fourth-order valence-electron chi connectivity index (χ4n) is 3.53. The summed E-state index contributed by atoms with van der Waals surface area (Å²) in [5, 5.41) is 0.701. The first-order chi connectivity index (χ1) is 14.2. The Morgan fingerprint density at radius 2 is 2.10 bits per heavy atom. The minimum atomic E-state index is -0.510. The van der Waals surface area contributed by atoms with Crippen LogP contribution in [0.15, 0.2) is 35.1 Å². The lowest BCUT2D eigenvalue weighted by Gasteiger charge is -2.09. The first kappa shape index (κ1) is 19.4. The highest BCUT2D eigenvalue weighted by atomic mass is 32.1. The molecule has 0 amide bonds. The molecule has 2 aromatic heterocycles. The Morgan fingerprint density at radius 3 is 2.97 bits per heavy atom. The van der Waals surface area contributed by atoms with E-state index in [1.165, 1.54) is 11.0 Å². The number of hydrogen-bond donors (Lipinski definition) is 1. The predicted molar refractivity (Wildman–Crippen MR) is 113 cm³/mol. The molecule has 0 spiro atoms. The SMILES string of the molecule is CCOc1ccccc1/C=C/C(=O)OCc1nc2sc3c(c2c(=O)[nH]1)CCCC3. The van der Waals surface area contributed by atoms with E-state index < -0.39 is 5.97 Å². The molecule has 0 radical (unpaired) electrons. The second kappa shape index (κ2) is 8.61. The molecule has 4 rings (SSSR count). The molecule has 0 bridgehead atoms. The Labute approximate surface area is 172 Å². The van der Waals surface area contributed by atoms with E-state index in [1.54, 1.807) is 17.4 Å². The summed E-state index contributed by atoms with van der Waals surface area (Å²) in [4.78, 5) is 33.9. The van der Waals surface area contributed by atoms with Gasteiger partial charge in [0.2, 0.25) is 0 Å². The number of carbonyl (C=O) groups is 1. The number of H-pyrrole nitrogens is 1. The van der Waals surface area contributed by atoms with Crippen LogP contribution in [0.4, 0.5) is 0 Å². The van der Waals surface area contributed by atoms with Gasteiger partial charge in [-0.05, 0) is 50.3 Å². The molecule has 1 N–H and O–H groups in total. The fraction of sp³-hybridized carbons (Fsp3) is 0.318. The molecule has 0 saturated heterocycles. The van der Waals surface area contributed by atoms with Crippen molar-refractivity contribution in [2.45, 2.75) is 39.2 Å². The van der Waals surface area contributed by atoms with E-state index in [0.717, 1.165) is 41.6 Å². The Kier molecular flexibility index (Phi) is 5.76. The largest absolute Gasteiger partial charge is 0.493 e. The van der Waals surface area contributed by atoms with Gasteiger partial charge in [-0.3, -0.25) is 4.79 Å². The summed E-state index contributed by atoms with van der Waals surface area (Å²) in [6.45, 7) is 2.37. The lowest BCUT2D eigenvalue weighted by molar-refractivity contribution is -0.139. The Morgan fingerprint density at radius 1 is 1.28 bits per heavy atom. The minimum Gasteiger partial charge on any atom is -0.493 e. The second-order valence-corrected chi connectivity index (χ2v) is 7.90. The van der Waals surface area contributed by atoms with Gasteiger partial charge in [-0.2, -0.15) is 0 Å². The summed E-state index contributed by atoms with van der Waals surface area (Å²) in [6.07, 6.45) is 7.20. The predicted octanol–water partition coefficient (Wildman–Crippen LogP) is 4.02. The van der Waals surface area contributed by atoms with Crippen molar-refractivity contribution < 1.29 is 14.3 Å². The first-order valence-corrected chi connectivity index (χ1v) is 10.6. The van der Waals surface area contributed by atoms with Crippen molar-refractivity contribution in [3.63, 3.8) is 0 Å². The second-order valence-electron chi connectivity index (χ2n) is 6.82. The van der Waals surface area contributed by atoms with E-state index in [-0.39, 0.29) is 12.2 Å². The van der Waals surface area contributed by atoms with Crippen LogP contribution in [0.3, 0.4) is 0 Å². The monoisotopic (exact) mass is 410 g/mol. The number of thiophene rings is 1. The number of benzene rings is 1. The zero-order chi connectivity index (χ0) is 20.2. The van der Waals surface area contributed by atoms with Crippen LogP contribution >= 0.6 is 11.3 Å². The number of aromatic nitrogens is 2. The molecule has 1 aromatic carbocycles. The Bertz CT molecular complexity index is 1130. The number of aromatic amines is 1. The van der Waals surface area contributed by atoms with Crippen molar-refractivity contribution in [2.75, 3.05) is 6.61 Å². The smallest absolute Gasteiger partial charge is 0.331 e. The summed E-state index contributed by atoms with van der Waals surface area (Å²) >= 11 is 1.58. The molecule has 0 fully saturated rings. The summed E-state index contributed by atoms with van der Waals surface area (Å²) in [5.41, 5.74) is 1.79. The third-order valence-electron chi connectivity index (χ3n) is 4.84. The van der Waals surface area contributed by atoms with Crippen molar-refractivity contribution in [2.24, 2.45) is 0 Å². The standard InChI is InChI=1S/C22H22N2O4S/c1-2-27-16-9-5-3-7-14(16)11-12-19(25)28-13-18-23-21(26)20-15-8-4-6-10-17(15)29-22(20)24-18/h3,5,7,9,11-12H,2,4,6,8,10,13H2,1H3,(H,23,24,26)/b12-11+. The maximum Gasteiger partial charge on any atom is 0.331 e. The maximum atomic E-state index is 12.5. The van der Waals surface area contributed by atoms with Gasteiger partial charge in [-0.25, -0.2) is 9.78 Å². The van der Waals surface area contributed by atoms with E-state index in [4.69, 9.17) is 9.47 Å².